The summed E-state index contributed by atoms with van der Waals surface area (Å²) in [5.41, 5.74) is 1.02. The van der Waals surface area contributed by atoms with E-state index in [9.17, 15) is 4.79 Å². The summed E-state index contributed by atoms with van der Waals surface area (Å²) in [6, 6.07) is 14.9. The second-order valence-corrected chi connectivity index (χ2v) is 7.63. The van der Waals surface area contributed by atoms with Crippen LogP contribution in [0.4, 0.5) is 0 Å². The fourth-order valence-corrected chi connectivity index (χ4v) is 3.21. The van der Waals surface area contributed by atoms with Crippen LogP contribution in [0.5, 0.6) is 11.5 Å². The molecule has 1 aliphatic heterocycles. The van der Waals surface area contributed by atoms with Gasteiger partial charge in [-0.15, -0.1) is 0 Å². The van der Waals surface area contributed by atoms with Crippen LogP contribution >= 0.6 is 11.6 Å². The number of hydrogen-bond donors (Lipinski definition) is 1. The molecule has 150 valence electrons. The summed E-state index contributed by atoms with van der Waals surface area (Å²) in [6.45, 7) is 4.32. The maximum Gasteiger partial charge on any atom is 0.261 e. The molecular formula is C22H27ClN2O3. The zero-order chi connectivity index (χ0) is 19.9. The lowest BCUT2D eigenvalue weighted by molar-refractivity contribution is -0.127. The fourth-order valence-electron chi connectivity index (χ4n) is 3.08. The highest BCUT2D eigenvalue weighted by Crippen LogP contribution is 2.19. The van der Waals surface area contributed by atoms with Gasteiger partial charge in [-0.1, -0.05) is 23.7 Å². The third-order valence-electron chi connectivity index (χ3n) is 4.85. The van der Waals surface area contributed by atoms with Crippen molar-refractivity contribution >= 4 is 17.5 Å². The van der Waals surface area contributed by atoms with Gasteiger partial charge in [-0.05, 0) is 68.8 Å². The highest BCUT2D eigenvalue weighted by Gasteiger charge is 2.18. The van der Waals surface area contributed by atoms with Crippen LogP contribution in [-0.4, -0.2) is 43.2 Å². The van der Waals surface area contributed by atoms with E-state index < -0.39 is 6.10 Å². The predicted molar refractivity (Wildman–Crippen MR) is 111 cm³/mol. The van der Waals surface area contributed by atoms with E-state index in [-0.39, 0.29) is 12.0 Å². The van der Waals surface area contributed by atoms with Gasteiger partial charge >= 0.3 is 0 Å². The fraction of sp³-hybridized carbons (Fsp3) is 0.409. The van der Waals surface area contributed by atoms with E-state index in [1.54, 1.807) is 31.2 Å². The van der Waals surface area contributed by atoms with Gasteiger partial charge in [0.05, 0.1) is 0 Å². The number of ether oxygens (including phenoxy) is 2. The van der Waals surface area contributed by atoms with Gasteiger partial charge in [-0.2, -0.15) is 0 Å². The molecule has 3 rings (SSSR count). The molecule has 2 aromatic carbocycles. The molecule has 6 heteroatoms. The SMILES string of the molecule is C[C@H](Oc1ccc(Cl)cc1)C(=O)NCc1ccc(OC2CCN(C)CC2)cc1. The molecular weight excluding hydrogens is 376 g/mol. The third kappa shape index (κ3) is 6.14. The Kier molecular flexibility index (Phi) is 7.18. The summed E-state index contributed by atoms with van der Waals surface area (Å²) < 4.78 is 11.7. The van der Waals surface area contributed by atoms with Crippen LogP contribution in [-0.2, 0) is 11.3 Å². The highest BCUT2D eigenvalue weighted by atomic mass is 35.5. The molecule has 1 amide bonds. The number of halogens is 1. The molecule has 1 saturated heterocycles. The zero-order valence-electron chi connectivity index (χ0n) is 16.4. The smallest absolute Gasteiger partial charge is 0.261 e. The van der Waals surface area contributed by atoms with Crippen LogP contribution in [0.15, 0.2) is 48.5 Å². The van der Waals surface area contributed by atoms with Crippen molar-refractivity contribution in [1.82, 2.24) is 10.2 Å². The van der Waals surface area contributed by atoms with Gasteiger partial charge in [0, 0.05) is 24.7 Å². The molecule has 0 unspecified atom stereocenters. The molecule has 0 aromatic heterocycles. The van der Waals surface area contributed by atoms with Gasteiger partial charge in [0.2, 0.25) is 0 Å². The molecule has 1 N–H and O–H groups in total. The summed E-state index contributed by atoms with van der Waals surface area (Å²) in [7, 11) is 2.14. The third-order valence-corrected chi connectivity index (χ3v) is 5.11. The summed E-state index contributed by atoms with van der Waals surface area (Å²) in [5, 5.41) is 3.53. The van der Waals surface area contributed by atoms with Crippen LogP contribution in [0.2, 0.25) is 5.02 Å². The summed E-state index contributed by atoms with van der Waals surface area (Å²) in [6.07, 6.45) is 1.81. The van der Waals surface area contributed by atoms with E-state index in [0.717, 1.165) is 37.2 Å². The normalized spacial score (nSPS) is 16.4. The van der Waals surface area contributed by atoms with Gasteiger partial charge in [-0.25, -0.2) is 0 Å². The predicted octanol–water partition coefficient (Wildman–Crippen LogP) is 3.90. The Morgan fingerprint density at radius 3 is 2.36 bits per heavy atom. The largest absolute Gasteiger partial charge is 0.490 e. The van der Waals surface area contributed by atoms with Crippen molar-refractivity contribution < 1.29 is 14.3 Å². The van der Waals surface area contributed by atoms with Crippen molar-refractivity contribution in [1.29, 1.82) is 0 Å². The lowest BCUT2D eigenvalue weighted by atomic mass is 10.1. The topological polar surface area (TPSA) is 50.8 Å². The minimum absolute atomic E-state index is 0.165. The Bertz CT molecular complexity index is 756. The minimum atomic E-state index is -0.590. The molecule has 2 aromatic rings. The number of likely N-dealkylation sites (tertiary alicyclic amines) is 1. The Balaban J connectivity index is 1.43. The van der Waals surface area contributed by atoms with Crippen LogP contribution in [0, 0.1) is 0 Å². The molecule has 5 nitrogen and oxygen atoms in total. The standard InChI is InChI=1S/C22H27ClN2O3/c1-16(27-19-9-5-18(23)6-10-19)22(26)24-15-17-3-7-20(8-4-17)28-21-11-13-25(2)14-12-21/h3-10,16,21H,11-15H2,1-2H3,(H,24,26)/t16-/m0/s1. The van der Waals surface area contributed by atoms with E-state index in [2.05, 4.69) is 17.3 Å². The molecule has 28 heavy (non-hydrogen) atoms. The summed E-state index contributed by atoms with van der Waals surface area (Å²) in [4.78, 5) is 14.6. The number of rotatable bonds is 7. The second kappa shape index (κ2) is 9.80. The van der Waals surface area contributed by atoms with Gasteiger partial charge in [0.15, 0.2) is 6.10 Å². The minimum Gasteiger partial charge on any atom is -0.490 e. The van der Waals surface area contributed by atoms with Crippen molar-refractivity contribution in [2.45, 2.75) is 38.5 Å². The summed E-state index contributed by atoms with van der Waals surface area (Å²) >= 11 is 5.85. The van der Waals surface area contributed by atoms with Crippen molar-refractivity contribution in [3.05, 3.63) is 59.1 Å². The number of nitrogens with zero attached hydrogens (tertiary/aromatic N) is 1. The zero-order valence-corrected chi connectivity index (χ0v) is 17.1. The molecule has 1 heterocycles. The molecule has 0 saturated carbocycles. The van der Waals surface area contributed by atoms with Crippen LogP contribution in [0.1, 0.15) is 25.3 Å². The Labute approximate surface area is 171 Å². The molecule has 1 fully saturated rings. The van der Waals surface area contributed by atoms with E-state index in [1.165, 1.54) is 0 Å². The molecule has 1 aliphatic rings. The van der Waals surface area contributed by atoms with Gasteiger partial charge in [0.1, 0.15) is 17.6 Å². The van der Waals surface area contributed by atoms with Gasteiger partial charge in [-0.3, -0.25) is 4.79 Å². The number of benzene rings is 2. The van der Waals surface area contributed by atoms with Crippen molar-refractivity contribution in [2.75, 3.05) is 20.1 Å². The number of carbonyl (C=O) groups is 1. The monoisotopic (exact) mass is 402 g/mol. The number of hydrogen-bond acceptors (Lipinski definition) is 4. The molecule has 0 aliphatic carbocycles. The molecule has 0 spiro atoms. The Morgan fingerprint density at radius 1 is 1.11 bits per heavy atom. The van der Waals surface area contributed by atoms with Crippen LogP contribution in [0.3, 0.4) is 0 Å². The first-order valence-corrected chi connectivity index (χ1v) is 10.0. The summed E-state index contributed by atoms with van der Waals surface area (Å²) in [5.74, 6) is 1.33. The number of carbonyl (C=O) groups excluding carboxylic acids is 1. The number of amides is 1. The Morgan fingerprint density at radius 2 is 1.71 bits per heavy atom. The lowest BCUT2D eigenvalue weighted by Gasteiger charge is -2.29. The molecule has 0 bridgehead atoms. The van der Waals surface area contributed by atoms with Crippen molar-refractivity contribution in [3.8, 4) is 11.5 Å². The quantitative estimate of drug-likeness (QED) is 0.763. The van der Waals surface area contributed by atoms with Crippen molar-refractivity contribution in [2.24, 2.45) is 0 Å². The number of piperidine rings is 1. The molecule has 1 atom stereocenters. The van der Waals surface area contributed by atoms with Gasteiger partial charge in [0.25, 0.3) is 5.91 Å². The van der Waals surface area contributed by atoms with E-state index in [0.29, 0.717) is 17.3 Å². The first-order chi connectivity index (χ1) is 13.5. The highest BCUT2D eigenvalue weighted by molar-refractivity contribution is 6.30. The van der Waals surface area contributed by atoms with Crippen molar-refractivity contribution in [3.63, 3.8) is 0 Å². The van der Waals surface area contributed by atoms with E-state index >= 15 is 0 Å². The van der Waals surface area contributed by atoms with Gasteiger partial charge < -0.3 is 19.7 Å². The van der Waals surface area contributed by atoms with Crippen LogP contribution in [0.25, 0.3) is 0 Å². The van der Waals surface area contributed by atoms with E-state index in [1.807, 2.05) is 24.3 Å². The Hall–Kier alpha value is -2.24. The molecule has 0 radical (unpaired) electrons. The first-order valence-electron chi connectivity index (χ1n) is 9.63. The maximum atomic E-state index is 12.3. The lowest BCUT2D eigenvalue weighted by Crippen LogP contribution is -2.36. The average Bonchev–Trinajstić information content (AvgIpc) is 2.70. The van der Waals surface area contributed by atoms with E-state index in [4.69, 9.17) is 21.1 Å². The van der Waals surface area contributed by atoms with Crippen LogP contribution < -0.4 is 14.8 Å². The average molecular weight is 403 g/mol. The maximum absolute atomic E-state index is 12.3. The second-order valence-electron chi connectivity index (χ2n) is 7.20. The number of nitrogens with one attached hydrogen (secondary N) is 1. The first kappa shape index (κ1) is 20.5.